The summed E-state index contributed by atoms with van der Waals surface area (Å²) in [4.78, 5) is 11.9. The molecule has 1 aromatic heterocycles. The van der Waals surface area contributed by atoms with Crippen LogP contribution in [0.4, 0.5) is 32.4 Å². The summed E-state index contributed by atoms with van der Waals surface area (Å²) in [6, 6.07) is 3.52. The summed E-state index contributed by atoms with van der Waals surface area (Å²) in [5, 5.41) is 11.4. The molecule has 0 radical (unpaired) electrons. The molecule has 0 spiro atoms. The zero-order valence-electron chi connectivity index (χ0n) is 12.9. The van der Waals surface area contributed by atoms with Gasteiger partial charge in [0.2, 0.25) is 0 Å². The normalized spacial score (nSPS) is 11.6. The molecule has 2 amide bonds. The number of nitrogens with one attached hydrogen (secondary N) is 3. The van der Waals surface area contributed by atoms with Gasteiger partial charge in [-0.25, -0.2) is 13.6 Å². The molecule has 0 saturated heterocycles. The third-order valence-corrected chi connectivity index (χ3v) is 3.59. The molecule has 3 aromatic rings. The number of carbonyl (C=O) groups is 1. The predicted molar refractivity (Wildman–Crippen MR) is 83.3 cm³/mol. The van der Waals surface area contributed by atoms with Gasteiger partial charge in [0.05, 0.1) is 23.0 Å². The van der Waals surface area contributed by atoms with Crippen molar-refractivity contribution in [3.05, 3.63) is 59.3 Å². The first kappa shape index (κ1) is 17.6. The molecule has 5 nitrogen and oxygen atoms in total. The SMILES string of the molecule is O=C(NCc1ccc(C(F)(F)F)cc1F)Nc1cc(F)cc2[nH]ncc12. The molecule has 3 rings (SSSR count). The largest absolute Gasteiger partial charge is 0.416 e. The second kappa shape index (κ2) is 6.62. The maximum atomic E-state index is 13.7. The molecule has 0 aliphatic rings. The van der Waals surface area contributed by atoms with Crippen molar-refractivity contribution in [3.63, 3.8) is 0 Å². The molecule has 136 valence electrons. The van der Waals surface area contributed by atoms with E-state index >= 15 is 0 Å². The Morgan fingerprint density at radius 3 is 2.62 bits per heavy atom. The fraction of sp³-hybridized carbons (Fsp3) is 0.125. The molecule has 1 heterocycles. The topological polar surface area (TPSA) is 69.8 Å². The minimum atomic E-state index is -4.66. The van der Waals surface area contributed by atoms with Crippen LogP contribution >= 0.6 is 0 Å². The molecule has 3 N–H and O–H groups in total. The van der Waals surface area contributed by atoms with Crippen molar-refractivity contribution < 1.29 is 26.7 Å². The van der Waals surface area contributed by atoms with Crippen LogP contribution in [0.15, 0.2) is 36.5 Å². The average molecular weight is 370 g/mol. The maximum absolute atomic E-state index is 13.7. The van der Waals surface area contributed by atoms with Gasteiger partial charge in [-0.05, 0) is 24.3 Å². The van der Waals surface area contributed by atoms with Gasteiger partial charge in [-0.3, -0.25) is 5.10 Å². The highest BCUT2D eigenvalue weighted by Crippen LogP contribution is 2.30. The molecular weight excluding hydrogens is 359 g/mol. The van der Waals surface area contributed by atoms with Crippen LogP contribution in [0.5, 0.6) is 0 Å². The number of carbonyl (C=O) groups excluding carboxylic acids is 1. The summed E-state index contributed by atoms with van der Waals surface area (Å²) in [6.07, 6.45) is -3.27. The molecular formula is C16H11F5N4O. The molecule has 10 heteroatoms. The number of hydrogen-bond acceptors (Lipinski definition) is 2. The second-order valence-electron chi connectivity index (χ2n) is 5.40. The minimum absolute atomic E-state index is 0.124. The van der Waals surface area contributed by atoms with Gasteiger partial charge in [-0.1, -0.05) is 6.07 Å². The van der Waals surface area contributed by atoms with E-state index in [9.17, 15) is 26.7 Å². The minimum Gasteiger partial charge on any atom is -0.334 e. The fourth-order valence-electron chi connectivity index (χ4n) is 2.33. The highest BCUT2D eigenvalue weighted by Gasteiger charge is 2.31. The van der Waals surface area contributed by atoms with Crippen LogP contribution in [-0.2, 0) is 12.7 Å². The van der Waals surface area contributed by atoms with Crippen molar-refractivity contribution in [2.24, 2.45) is 0 Å². The van der Waals surface area contributed by atoms with Gasteiger partial charge in [-0.15, -0.1) is 0 Å². The van der Waals surface area contributed by atoms with Crippen LogP contribution in [0.25, 0.3) is 10.9 Å². The van der Waals surface area contributed by atoms with Gasteiger partial charge in [0.15, 0.2) is 0 Å². The Bertz CT molecular complexity index is 967. The van der Waals surface area contributed by atoms with Crippen molar-refractivity contribution in [3.8, 4) is 0 Å². The number of amides is 2. The van der Waals surface area contributed by atoms with E-state index in [1.165, 1.54) is 12.3 Å². The van der Waals surface area contributed by atoms with E-state index in [0.29, 0.717) is 17.0 Å². The number of aromatic nitrogens is 2. The summed E-state index contributed by atoms with van der Waals surface area (Å²) >= 11 is 0. The highest BCUT2D eigenvalue weighted by molar-refractivity contribution is 6.00. The lowest BCUT2D eigenvalue weighted by molar-refractivity contribution is -0.137. The molecule has 0 unspecified atom stereocenters. The molecule has 2 aromatic carbocycles. The van der Waals surface area contributed by atoms with Crippen LogP contribution < -0.4 is 10.6 Å². The molecule has 0 fully saturated rings. The number of urea groups is 1. The number of benzene rings is 2. The second-order valence-corrected chi connectivity index (χ2v) is 5.40. The van der Waals surface area contributed by atoms with Crippen molar-refractivity contribution in [1.82, 2.24) is 15.5 Å². The van der Waals surface area contributed by atoms with E-state index in [2.05, 4.69) is 20.8 Å². The van der Waals surface area contributed by atoms with Gasteiger partial charge in [0.25, 0.3) is 0 Å². The van der Waals surface area contributed by atoms with E-state index in [1.54, 1.807) is 0 Å². The number of rotatable bonds is 3. The van der Waals surface area contributed by atoms with E-state index < -0.39 is 29.4 Å². The number of fused-ring (bicyclic) bond motifs is 1. The molecule has 26 heavy (non-hydrogen) atoms. The lowest BCUT2D eigenvalue weighted by atomic mass is 10.1. The highest BCUT2D eigenvalue weighted by atomic mass is 19.4. The Morgan fingerprint density at radius 1 is 1.15 bits per heavy atom. The maximum Gasteiger partial charge on any atom is 0.416 e. The Kier molecular flexibility index (Phi) is 4.49. The molecule has 0 atom stereocenters. The zero-order valence-corrected chi connectivity index (χ0v) is 12.9. The predicted octanol–water partition coefficient (Wildman–Crippen LogP) is 4.18. The van der Waals surface area contributed by atoms with Crippen molar-refractivity contribution in [1.29, 1.82) is 0 Å². The first-order valence-corrected chi connectivity index (χ1v) is 7.27. The third kappa shape index (κ3) is 3.73. The van der Waals surface area contributed by atoms with Crippen LogP contribution in [0.3, 0.4) is 0 Å². The van der Waals surface area contributed by atoms with Crippen LogP contribution in [0.2, 0.25) is 0 Å². The van der Waals surface area contributed by atoms with Crippen LogP contribution in [0, 0.1) is 11.6 Å². The van der Waals surface area contributed by atoms with Gasteiger partial charge in [0, 0.05) is 17.5 Å². The first-order chi connectivity index (χ1) is 12.2. The standard InChI is InChI=1S/C16H11F5N4O/c17-10-4-13(11-7-23-25-14(11)5-10)24-15(26)22-6-8-1-2-9(3-12(8)18)16(19,20)21/h1-5,7H,6H2,(H,23,25)(H2,22,24,26). The lowest BCUT2D eigenvalue weighted by Crippen LogP contribution is -2.28. The van der Waals surface area contributed by atoms with Crippen molar-refractivity contribution in [2.75, 3.05) is 5.32 Å². The lowest BCUT2D eigenvalue weighted by Gasteiger charge is -2.11. The number of hydrogen-bond donors (Lipinski definition) is 3. The van der Waals surface area contributed by atoms with Crippen LogP contribution in [-0.4, -0.2) is 16.2 Å². The number of aromatic amines is 1. The Hall–Kier alpha value is -3.17. The summed E-state index contributed by atoms with van der Waals surface area (Å²) in [7, 11) is 0. The van der Waals surface area contributed by atoms with E-state index in [1.807, 2.05) is 0 Å². The average Bonchev–Trinajstić information content (AvgIpc) is 3.01. The van der Waals surface area contributed by atoms with Gasteiger partial charge in [0.1, 0.15) is 11.6 Å². The van der Waals surface area contributed by atoms with Crippen molar-refractivity contribution in [2.45, 2.75) is 12.7 Å². The quantitative estimate of drug-likeness (QED) is 0.606. The Labute approximate surface area is 143 Å². The Morgan fingerprint density at radius 2 is 1.92 bits per heavy atom. The molecule has 0 aliphatic carbocycles. The zero-order chi connectivity index (χ0) is 18.9. The van der Waals surface area contributed by atoms with E-state index in [4.69, 9.17) is 0 Å². The number of halogens is 5. The van der Waals surface area contributed by atoms with E-state index in [0.717, 1.165) is 18.2 Å². The number of nitrogens with zero attached hydrogens (tertiary/aromatic N) is 1. The number of H-pyrrole nitrogens is 1. The summed E-state index contributed by atoms with van der Waals surface area (Å²) in [5.41, 5.74) is -0.737. The molecule has 0 saturated carbocycles. The number of anilines is 1. The van der Waals surface area contributed by atoms with Crippen molar-refractivity contribution >= 4 is 22.6 Å². The van der Waals surface area contributed by atoms with Gasteiger partial charge < -0.3 is 10.6 Å². The summed E-state index contributed by atoms with van der Waals surface area (Å²) in [6.45, 7) is -0.348. The molecule has 0 aliphatic heterocycles. The number of alkyl halides is 3. The van der Waals surface area contributed by atoms with Gasteiger partial charge >= 0.3 is 12.2 Å². The van der Waals surface area contributed by atoms with Crippen LogP contribution in [0.1, 0.15) is 11.1 Å². The fourth-order valence-corrected chi connectivity index (χ4v) is 2.33. The third-order valence-electron chi connectivity index (χ3n) is 3.59. The first-order valence-electron chi connectivity index (χ1n) is 7.27. The monoisotopic (exact) mass is 370 g/mol. The van der Waals surface area contributed by atoms with Gasteiger partial charge in [-0.2, -0.15) is 18.3 Å². The smallest absolute Gasteiger partial charge is 0.334 e. The summed E-state index contributed by atoms with van der Waals surface area (Å²) < 4.78 is 64.8. The Balaban J connectivity index is 1.68. The summed E-state index contributed by atoms with van der Waals surface area (Å²) in [5.74, 6) is -1.70. The molecule has 0 bridgehead atoms. The van der Waals surface area contributed by atoms with E-state index in [-0.39, 0.29) is 17.8 Å².